The average Bonchev–Trinajstić information content (AvgIpc) is 3.43. The molecule has 0 spiro atoms. The Labute approximate surface area is 152 Å². The SMILES string of the molecule is COc1ccnc(CN2CCCN(CC3CC3)[C@H](C(C)C)C2)c1OC. The van der Waals surface area contributed by atoms with E-state index in [4.69, 9.17) is 9.47 Å². The third kappa shape index (κ3) is 4.64. The van der Waals surface area contributed by atoms with Gasteiger partial charge in [-0.05, 0) is 44.2 Å². The van der Waals surface area contributed by atoms with Crippen LogP contribution in [0.5, 0.6) is 11.5 Å². The Bertz CT molecular complexity index is 560. The van der Waals surface area contributed by atoms with Crippen molar-refractivity contribution < 1.29 is 9.47 Å². The minimum absolute atomic E-state index is 0.625. The minimum Gasteiger partial charge on any atom is -0.493 e. The molecule has 5 heteroatoms. The van der Waals surface area contributed by atoms with Crippen LogP contribution in [0.1, 0.15) is 38.8 Å². The van der Waals surface area contributed by atoms with Gasteiger partial charge in [0.15, 0.2) is 11.5 Å². The number of methoxy groups -OCH3 is 2. The normalized spacial score (nSPS) is 22.8. The van der Waals surface area contributed by atoms with Crippen molar-refractivity contribution in [3.63, 3.8) is 0 Å². The summed E-state index contributed by atoms with van der Waals surface area (Å²) in [6.45, 7) is 10.3. The molecule has 5 nitrogen and oxygen atoms in total. The Morgan fingerprint density at radius 1 is 1.20 bits per heavy atom. The topological polar surface area (TPSA) is 37.8 Å². The molecule has 0 unspecified atom stereocenters. The van der Waals surface area contributed by atoms with E-state index in [1.807, 2.05) is 12.3 Å². The molecule has 2 heterocycles. The van der Waals surface area contributed by atoms with Gasteiger partial charge in [0.05, 0.1) is 14.2 Å². The quantitative estimate of drug-likeness (QED) is 0.758. The summed E-state index contributed by atoms with van der Waals surface area (Å²) in [4.78, 5) is 9.86. The fourth-order valence-electron chi connectivity index (χ4n) is 3.94. The lowest BCUT2D eigenvalue weighted by Crippen LogP contribution is -2.45. The molecule has 2 fully saturated rings. The zero-order chi connectivity index (χ0) is 17.8. The zero-order valence-corrected chi connectivity index (χ0v) is 16.2. The van der Waals surface area contributed by atoms with Crippen LogP contribution in [-0.2, 0) is 6.54 Å². The highest BCUT2D eigenvalue weighted by molar-refractivity contribution is 5.42. The van der Waals surface area contributed by atoms with Crippen molar-refractivity contribution in [3.8, 4) is 11.5 Å². The third-order valence-electron chi connectivity index (χ3n) is 5.53. The summed E-state index contributed by atoms with van der Waals surface area (Å²) < 4.78 is 11.0. The molecule has 1 atom stereocenters. The second-order valence-electron chi connectivity index (χ2n) is 7.83. The maximum Gasteiger partial charge on any atom is 0.183 e. The first kappa shape index (κ1) is 18.5. The molecule has 1 aromatic rings. The van der Waals surface area contributed by atoms with Gasteiger partial charge in [-0.15, -0.1) is 0 Å². The molecule has 3 rings (SSSR count). The highest BCUT2D eigenvalue weighted by Crippen LogP contribution is 2.33. The van der Waals surface area contributed by atoms with Gasteiger partial charge in [-0.25, -0.2) is 0 Å². The molecule has 1 aliphatic carbocycles. The van der Waals surface area contributed by atoms with Crippen LogP contribution in [0, 0.1) is 11.8 Å². The second-order valence-corrected chi connectivity index (χ2v) is 7.83. The Kier molecular flexibility index (Phi) is 6.18. The summed E-state index contributed by atoms with van der Waals surface area (Å²) in [7, 11) is 3.37. The Morgan fingerprint density at radius 2 is 2.00 bits per heavy atom. The van der Waals surface area contributed by atoms with E-state index in [1.54, 1.807) is 14.2 Å². The smallest absolute Gasteiger partial charge is 0.183 e. The molecule has 1 saturated heterocycles. The standard InChI is InChI=1S/C20H33N3O2/c1-15(2)18-14-22(10-5-11-23(18)12-16-6-7-16)13-17-20(25-4)19(24-3)8-9-21-17/h8-9,15-16,18H,5-7,10-14H2,1-4H3/t18-/m0/s1. The van der Waals surface area contributed by atoms with Gasteiger partial charge >= 0.3 is 0 Å². The Balaban J connectivity index is 1.72. The molecule has 25 heavy (non-hydrogen) atoms. The average molecular weight is 348 g/mol. The number of hydrogen-bond donors (Lipinski definition) is 0. The van der Waals surface area contributed by atoms with Crippen LogP contribution < -0.4 is 9.47 Å². The first-order valence-corrected chi connectivity index (χ1v) is 9.64. The molecule has 1 saturated carbocycles. The lowest BCUT2D eigenvalue weighted by atomic mass is 10.0. The van der Waals surface area contributed by atoms with Gasteiger partial charge < -0.3 is 9.47 Å². The zero-order valence-electron chi connectivity index (χ0n) is 16.2. The molecular formula is C20H33N3O2. The largest absolute Gasteiger partial charge is 0.493 e. The molecule has 1 aromatic heterocycles. The molecule has 0 radical (unpaired) electrons. The van der Waals surface area contributed by atoms with Gasteiger partial charge in [-0.2, -0.15) is 0 Å². The molecule has 0 N–H and O–H groups in total. The van der Waals surface area contributed by atoms with Crippen LogP contribution in [0.15, 0.2) is 12.3 Å². The molecular weight excluding hydrogens is 314 g/mol. The highest BCUT2D eigenvalue weighted by Gasteiger charge is 2.32. The van der Waals surface area contributed by atoms with Crippen LogP contribution in [0.2, 0.25) is 0 Å². The summed E-state index contributed by atoms with van der Waals surface area (Å²) in [6.07, 6.45) is 5.89. The van der Waals surface area contributed by atoms with Crippen molar-refractivity contribution in [2.45, 2.75) is 45.7 Å². The Hall–Kier alpha value is -1.33. The first-order chi connectivity index (χ1) is 12.1. The van der Waals surface area contributed by atoms with E-state index < -0.39 is 0 Å². The summed E-state index contributed by atoms with van der Waals surface area (Å²) in [5, 5.41) is 0. The van der Waals surface area contributed by atoms with Crippen molar-refractivity contribution in [3.05, 3.63) is 18.0 Å². The number of pyridine rings is 1. The first-order valence-electron chi connectivity index (χ1n) is 9.64. The molecule has 2 aliphatic rings. The van der Waals surface area contributed by atoms with Crippen LogP contribution >= 0.6 is 0 Å². The fraction of sp³-hybridized carbons (Fsp3) is 0.750. The van der Waals surface area contributed by atoms with E-state index in [0.717, 1.165) is 42.7 Å². The predicted molar refractivity (Wildman–Crippen MR) is 100 cm³/mol. The van der Waals surface area contributed by atoms with Gasteiger partial charge in [0, 0.05) is 37.9 Å². The number of aromatic nitrogens is 1. The van der Waals surface area contributed by atoms with Crippen LogP contribution in [0.3, 0.4) is 0 Å². The van der Waals surface area contributed by atoms with Crippen molar-refractivity contribution in [2.24, 2.45) is 11.8 Å². The third-order valence-corrected chi connectivity index (χ3v) is 5.53. The van der Waals surface area contributed by atoms with E-state index in [2.05, 4.69) is 28.6 Å². The minimum atomic E-state index is 0.625. The lowest BCUT2D eigenvalue weighted by Gasteiger charge is -2.34. The van der Waals surface area contributed by atoms with Crippen molar-refractivity contribution >= 4 is 0 Å². The lowest BCUT2D eigenvalue weighted by molar-refractivity contribution is 0.131. The number of ether oxygens (including phenoxy) is 2. The van der Waals surface area contributed by atoms with Crippen molar-refractivity contribution in [1.29, 1.82) is 0 Å². The number of hydrogen-bond acceptors (Lipinski definition) is 5. The van der Waals surface area contributed by atoms with Crippen LogP contribution in [0.4, 0.5) is 0 Å². The molecule has 0 amide bonds. The summed E-state index contributed by atoms with van der Waals surface area (Å²) in [5.41, 5.74) is 0.972. The maximum absolute atomic E-state index is 5.57. The van der Waals surface area contributed by atoms with Gasteiger partial charge in [-0.1, -0.05) is 13.8 Å². The predicted octanol–water partition coefficient (Wildman–Crippen LogP) is 3.04. The van der Waals surface area contributed by atoms with Gasteiger partial charge in [-0.3, -0.25) is 14.8 Å². The van der Waals surface area contributed by atoms with Crippen LogP contribution in [0.25, 0.3) is 0 Å². The summed E-state index contributed by atoms with van der Waals surface area (Å²) >= 11 is 0. The highest BCUT2D eigenvalue weighted by atomic mass is 16.5. The molecule has 0 bridgehead atoms. The van der Waals surface area contributed by atoms with Gasteiger partial charge in [0.1, 0.15) is 5.69 Å². The molecule has 140 valence electrons. The van der Waals surface area contributed by atoms with E-state index in [-0.39, 0.29) is 0 Å². The van der Waals surface area contributed by atoms with Gasteiger partial charge in [0.2, 0.25) is 0 Å². The fourth-order valence-corrected chi connectivity index (χ4v) is 3.94. The maximum atomic E-state index is 5.57. The summed E-state index contributed by atoms with van der Waals surface area (Å²) in [5.74, 6) is 3.15. The summed E-state index contributed by atoms with van der Waals surface area (Å²) in [6, 6.07) is 2.48. The second kappa shape index (κ2) is 8.37. The number of nitrogens with zero attached hydrogens (tertiary/aromatic N) is 3. The monoisotopic (exact) mass is 347 g/mol. The molecule has 0 aromatic carbocycles. The Morgan fingerprint density at radius 3 is 2.64 bits per heavy atom. The van der Waals surface area contributed by atoms with E-state index in [1.165, 1.54) is 32.4 Å². The van der Waals surface area contributed by atoms with Crippen molar-refractivity contribution in [1.82, 2.24) is 14.8 Å². The van der Waals surface area contributed by atoms with E-state index >= 15 is 0 Å². The van der Waals surface area contributed by atoms with E-state index in [0.29, 0.717) is 12.0 Å². The van der Waals surface area contributed by atoms with E-state index in [9.17, 15) is 0 Å². The number of rotatable bonds is 7. The molecule has 1 aliphatic heterocycles. The van der Waals surface area contributed by atoms with Gasteiger partial charge in [0.25, 0.3) is 0 Å². The van der Waals surface area contributed by atoms with Crippen molar-refractivity contribution in [2.75, 3.05) is 40.4 Å². The van der Waals surface area contributed by atoms with Crippen LogP contribution in [-0.4, -0.2) is 61.2 Å².